The van der Waals surface area contributed by atoms with Crippen molar-refractivity contribution in [3.63, 3.8) is 0 Å². The van der Waals surface area contributed by atoms with Gasteiger partial charge in [-0.25, -0.2) is 4.98 Å². The van der Waals surface area contributed by atoms with Gasteiger partial charge in [0.05, 0.1) is 18.3 Å². The Balaban J connectivity index is 1.94. The number of methoxy groups -OCH3 is 1. The van der Waals surface area contributed by atoms with Gasteiger partial charge in [0, 0.05) is 5.39 Å². The molecule has 2 N–H and O–H groups in total. The maximum Gasteiger partial charge on any atom is 0.200 e. The molecule has 0 bridgehead atoms. The second-order valence-electron chi connectivity index (χ2n) is 4.85. The van der Waals surface area contributed by atoms with Crippen LogP contribution in [0.1, 0.15) is 11.3 Å². The zero-order valence-corrected chi connectivity index (χ0v) is 12.0. The van der Waals surface area contributed by atoms with Crippen molar-refractivity contribution >= 4 is 23.1 Å². The van der Waals surface area contributed by atoms with Crippen molar-refractivity contribution in [1.29, 1.82) is 0 Å². The third-order valence-electron chi connectivity index (χ3n) is 3.36. The number of nitrogens with zero attached hydrogens (tertiary/aromatic N) is 1. The Kier molecular flexibility index (Phi) is 3.66. The largest absolute Gasteiger partial charge is 0.504 e. The molecule has 0 fully saturated rings. The fourth-order valence-corrected chi connectivity index (χ4v) is 2.22. The Morgan fingerprint density at radius 3 is 2.64 bits per heavy atom. The van der Waals surface area contributed by atoms with Crippen molar-refractivity contribution in [3.8, 4) is 17.2 Å². The van der Waals surface area contributed by atoms with Crippen LogP contribution in [0.25, 0.3) is 23.1 Å². The van der Waals surface area contributed by atoms with Gasteiger partial charge in [-0.2, -0.15) is 0 Å². The number of phenolic OH excluding ortho intramolecular Hbond substituents is 2. The maximum atomic E-state index is 9.67. The van der Waals surface area contributed by atoms with E-state index in [9.17, 15) is 10.2 Å². The lowest BCUT2D eigenvalue weighted by Crippen LogP contribution is -1.86. The first-order valence-corrected chi connectivity index (χ1v) is 6.81. The highest BCUT2D eigenvalue weighted by Gasteiger charge is 2.08. The summed E-state index contributed by atoms with van der Waals surface area (Å²) in [6.07, 6.45) is 3.65. The van der Waals surface area contributed by atoms with Crippen molar-refractivity contribution in [1.82, 2.24) is 4.98 Å². The number of hydrogen-bond donors (Lipinski definition) is 2. The SMILES string of the molecule is COc1cc(C=Cc2ccc3ccccc3n2)cc(O)c1O. The van der Waals surface area contributed by atoms with Crippen molar-refractivity contribution in [3.05, 3.63) is 59.8 Å². The van der Waals surface area contributed by atoms with Crippen molar-refractivity contribution in [2.75, 3.05) is 7.11 Å². The lowest BCUT2D eigenvalue weighted by molar-refractivity contribution is 0.351. The Bertz CT molecular complexity index is 856. The van der Waals surface area contributed by atoms with Gasteiger partial charge in [-0.1, -0.05) is 30.3 Å². The van der Waals surface area contributed by atoms with Crippen LogP contribution in [0, 0.1) is 0 Å². The van der Waals surface area contributed by atoms with Gasteiger partial charge in [-0.15, -0.1) is 0 Å². The number of fused-ring (bicyclic) bond motifs is 1. The van der Waals surface area contributed by atoms with Crippen molar-refractivity contribution in [2.45, 2.75) is 0 Å². The number of benzene rings is 2. The quantitative estimate of drug-likeness (QED) is 0.720. The van der Waals surface area contributed by atoms with Crippen LogP contribution in [0.4, 0.5) is 0 Å². The molecule has 2 aromatic carbocycles. The monoisotopic (exact) mass is 293 g/mol. The molecule has 4 nitrogen and oxygen atoms in total. The Labute approximate surface area is 127 Å². The van der Waals surface area contributed by atoms with Crippen LogP contribution in [0.2, 0.25) is 0 Å². The smallest absolute Gasteiger partial charge is 0.200 e. The standard InChI is InChI=1S/C18H15NO3/c1-22-17-11-12(10-16(20)18(17)21)6-8-14-9-7-13-4-2-3-5-15(13)19-14/h2-11,20-21H,1H3. The highest BCUT2D eigenvalue weighted by molar-refractivity contribution is 5.81. The number of para-hydroxylation sites is 1. The van der Waals surface area contributed by atoms with Gasteiger partial charge in [-0.05, 0) is 35.9 Å². The number of rotatable bonds is 3. The van der Waals surface area contributed by atoms with E-state index in [2.05, 4.69) is 4.98 Å². The predicted molar refractivity (Wildman–Crippen MR) is 87.0 cm³/mol. The summed E-state index contributed by atoms with van der Waals surface area (Å²) in [5.74, 6) is -0.250. The van der Waals surface area contributed by atoms with Gasteiger partial charge in [0.2, 0.25) is 5.75 Å². The van der Waals surface area contributed by atoms with Gasteiger partial charge >= 0.3 is 0 Å². The summed E-state index contributed by atoms with van der Waals surface area (Å²) >= 11 is 0. The summed E-state index contributed by atoms with van der Waals surface area (Å²) in [6, 6.07) is 15.0. The van der Waals surface area contributed by atoms with Gasteiger partial charge in [0.15, 0.2) is 11.5 Å². The van der Waals surface area contributed by atoms with E-state index in [0.717, 1.165) is 16.6 Å². The minimum absolute atomic E-state index is 0.217. The molecule has 0 saturated carbocycles. The van der Waals surface area contributed by atoms with Crippen LogP contribution in [0.3, 0.4) is 0 Å². The van der Waals surface area contributed by atoms with Gasteiger partial charge in [0.1, 0.15) is 0 Å². The molecular formula is C18H15NO3. The summed E-state index contributed by atoms with van der Waals surface area (Å²) in [5.41, 5.74) is 2.45. The fourth-order valence-electron chi connectivity index (χ4n) is 2.22. The van der Waals surface area contributed by atoms with E-state index in [-0.39, 0.29) is 17.2 Å². The Morgan fingerprint density at radius 2 is 1.82 bits per heavy atom. The second-order valence-corrected chi connectivity index (χ2v) is 4.85. The summed E-state index contributed by atoms with van der Waals surface area (Å²) in [5, 5.41) is 20.4. The van der Waals surface area contributed by atoms with Crippen LogP contribution >= 0.6 is 0 Å². The van der Waals surface area contributed by atoms with Gasteiger partial charge in [0.25, 0.3) is 0 Å². The third kappa shape index (κ3) is 2.72. The molecule has 0 atom stereocenters. The minimum Gasteiger partial charge on any atom is -0.504 e. The molecule has 0 amide bonds. The Morgan fingerprint density at radius 1 is 1.00 bits per heavy atom. The Hall–Kier alpha value is -3.01. The number of ether oxygens (including phenoxy) is 1. The number of aromatic nitrogens is 1. The van der Waals surface area contributed by atoms with E-state index >= 15 is 0 Å². The van der Waals surface area contributed by atoms with Crippen LogP contribution in [-0.2, 0) is 0 Å². The van der Waals surface area contributed by atoms with Crippen molar-refractivity contribution < 1.29 is 14.9 Å². The van der Waals surface area contributed by atoms with E-state index in [4.69, 9.17) is 4.74 Å². The first-order chi connectivity index (χ1) is 10.7. The molecule has 4 heteroatoms. The fraction of sp³-hybridized carbons (Fsp3) is 0.0556. The zero-order chi connectivity index (χ0) is 15.5. The molecule has 0 aliphatic heterocycles. The molecule has 3 aromatic rings. The molecule has 0 saturated heterocycles. The molecule has 1 heterocycles. The molecular weight excluding hydrogens is 278 g/mol. The molecule has 0 aliphatic carbocycles. The number of hydrogen-bond acceptors (Lipinski definition) is 4. The van der Waals surface area contributed by atoms with E-state index in [1.54, 1.807) is 12.1 Å². The minimum atomic E-state index is -0.261. The number of pyridine rings is 1. The van der Waals surface area contributed by atoms with Gasteiger partial charge in [-0.3, -0.25) is 0 Å². The van der Waals surface area contributed by atoms with E-state index in [1.807, 2.05) is 42.5 Å². The highest BCUT2D eigenvalue weighted by Crippen LogP contribution is 2.36. The van der Waals surface area contributed by atoms with Crippen LogP contribution in [0.15, 0.2) is 48.5 Å². The molecule has 0 radical (unpaired) electrons. The average Bonchev–Trinajstić information content (AvgIpc) is 2.55. The molecule has 0 unspecified atom stereocenters. The predicted octanol–water partition coefficient (Wildman–Crippen LogP) is 3.83. The van der Waals surface area contributed by atoms with Crippen LogP contribution in [-0.4, -0.2) is 22.3 Å². The second kappa shape index (κ2) is 5.77. The lowest BCUT2D eigenvalue weighted by atomic mass is 10.1. The summed E-state index contributed by atoms with van der Waals surface area (Å²) < 4.78 is 5.02. The molecule has 3 rings (SSSR count). The topological polar surface area (TPSA) is 62.6 Å². The van der Waals surface area contributed by atoms with E-state index in [0.29, 0.717) is 5.56 Å². The maximum absolute atomic E-state index is 9.67. The first-order valence-electron chi connectivity index (χ1n) is 6.81. The highest BCUT2D eigenvalue weighted by atomic mass is 16.5. The van der Waals surface area contributed by atoms with Crippen molar-refractivity contribution in [2.24, 2.45) is 0 Å². The molecule has 110 valence electrons. The molecule has 1 aromatic heterocycles. The molecule has 0 aliphatic rings. The summed E-state index contributed by atoms with van der Waals surface area (Å²) in [6.45, 7) is 0. The first kappa shape index (κ1) is 13.9. The molecule has 22 heavy (non-hydrogen) atoms. The third-order valence-corrected chi connectivity index (χ3v) is 3.36. The summed E-state index contributed by atoms with van der Waals surface area (Å²) in [7, 11) is 1.44. The van der Waals surface area contributed by atoms with Crippen LogP contribution in [0.5, 0.6) is 17.2 Å². The normalized spacial score (nSPS) is 11.1. The van der Waals surface area contributed by atoms with E-state index < -0.39 is 0 Å². The number of aromatic hydroxyl groups is 2. The summed E-state index contributed by atoms with van der Waals surface area (Å²) in [4.78, 5) is 4.54. The zero-order valence-electron chi connectivity index (χ0n) is 12.0. The van der Waals surface area contributed by atoms with E-state index in [1.165, 1.54) is 13.2 Å². The average molecular weight is 293 g/mol. The van der Waals surface area contributed by atoms with Gasteiger partial charge < -0.3 is 14.9 Å². The molecule has 0 spiro atoms. The lowest BCUT2D eigenvalue weighted by Gasteiger charge is -2.06. The number of phenols is 2. The van der Waals surface area contributed by atoms with Crippen LogP contribution < -0.4 is 4.74 Å².